The van der Waals surface area contributed by atoms with E-state index in [-0.39, 0.29) is 21.2 Å². The lowest BCUT2D eigenvalue weighted by atomic mass is 10.1. The fourth-order valence-corrected chi connectivity index (χ4v) is 3.74. The number of Topliss-reactive ketones (excluding diaryl/α,β-unsaturated/α-hetero) is 1. The maximum atomic E-state index is 12.6. The maximum Gasteiger partial charge on any atom is 0.329 e. The van der Waals surface area contributed by atoms with Crippen LogP contribution in [0.15, 0.2) is 30.3 Å². The van der Waals surface area contributed by atoms with Gasteiger partial charge in [-0.25, -0.2) is 4.79 Å². The number of carbonyl (C=O) groups excluding carboxylic acids is 4. The van der Waals surface area contributed by atoms with Gasteiger partial charge in [-0.3, -0.25) is 19.3 Å². The van der Waals surface area contributed by atoms with Crippen LogP contribution in [0, 0.1) is 0 Å². The molecule has 1 atom stereocenters. The minimum absolute atomic E-state index is 0.0606. The van der Waals surface area contributed by atoms with Gasteiger partial charge in [-0.15, -0.1) is 0 Å². The summed E-state index contributed by atoms with van der Waals surface area (Å²) >= 11 is 11.8. The van der Waals surface area contributed by atoms with Gasteiger partial charge in [0.05, 0.1) is 27.8 Å². The van der Waals surface area contributed by atoms with Crippen LogP contribution in [-0.2, 0) is 16.0 Å². The second-order valence-corrected chi connectivity index (χ2v) is 7.73. The standard InChI is InChI=1S/C21H15Cl2NO6/c1-10(24-19(26)13-7-15(22)16(23)8-14(13)20(24)27)21(28)30-9-17(25)11-2-3-18-12(6-11)4-5-29-18/h2-3,6-8,10H,4-5,9H2,1H3/t10-/m0/s1. The highest BCUT2D eigenvalue weighted by Crippen LogP contribution is 2.32. The first-order chi connectivity index (χ1) is 14.3. The first-order valence-electron chi connectivity index (χ1n) is 9.10. The predicted octanol–water partition coefficient (Wildman–Crippen LogP) is 3.34. The van der Waals surface area contributed by atoms with E-state index >= 15 is 0 Å². The number of carbonyl (C=O) groups is 4. The molecule has 2 amide bonds. The SMILES string of the molecule is C[C@@H](C(=O)OCC(=O)c1ccc2c(c1)CCO2)N1C(=O)c2cc(Cl)c(Cl)cc2C1=O. The monoisotopic (exact) mass is 447 g/mol. The van der Waals surface area contributed by atoms with Crippen LogP contribution in [0.5, 0.6) is 5.75 Å². The Bertz CT molecular complexity index is 1070. The largest absolute Gasteiger partial charge is 0.493 e. The average Bonchev–Trinajstić information content (AvgIpc) is 3.28. The molecule has 2 aromatic rings. The minimum Gasteiger partial charge on any atom is -0.493 e. The number of rotatable bonds is 5. The van der Waals surface area contributed by atoms with Crippen molar-refractivity contribution >= 4 is 46.8 Å². The van der Waals surface area contributed by atoms with E-state index in [2.05, 4.69) is 0 Å². The third-order valence-electron chi connectivity index (χ3n) is 5.04. The molecule has 9 heteroatoms. The summed E-state index contributed by atoms with van der Waals surface area (Å²) in [4.78, 5) is 50.8. The molecule has 0 spiro atoms. The van der Waals surface area contributed by atoms with Crippen molar-refractivity contribution in [1.82, 2.24) is 4.90 Å². The Hall–Kier alpha value is -2.90. The van der Waals surface area contributed by atoms with Gasteiger partial charge >= 0.3 is 5.97 Å². The third kappa shape index (κ3) is 3.44. The van der Waals surface area contributed by atoms with Gasteiger partial charge in [0.1, 0.15) is 11.8 Å². The highest BCUT2D eigenvalue weighted by atomic mass is 35.5. The molecule has 154 valence electrons. The first kappa shape index (κ1) is 20.4. The van der Waals surface area contributed by atoms with Gasteiger partial charge in [-0.2, -0.15) is 0 Å². The Kier molecular flexibility index (Phi) is 5.26. The zero-order chi connectivity index (χ0) is 21.6. The summed E-state index contributed by atoms with van der Waals surface area (Å²) in [6, 6.07) is 6.36. The zero-order valence-electron chi connectivity index (χ0n) is 15.7. The van der Waals surface area contributed by atoms with Gasteiger partial charge in [0.15, 0.2) is 12.4 Å². The second-order valence-electron chi connectivity index (χ2n) is 6.92. The molecule has 0 aliphatic carbocycles. The Morgan fingerprint density at radius 3 is 2.37 bits per heavy atom. The molecule has 0 N–H and O–H groups in total. The van der Waals surface area contributed by atoms with Crippen molar-refractivity contribution in [2.45, 2.75) is 19.4 Å². The number of halogens is 2. The number of imide groups is 1. The zero-order valence-corrected chi connectivity index (χ0v) is 17.2. The lowest BCUT2D eigenvalue weighted by Crippen LogP contribution is -2.44. The topological polar surface area (TPSA) is 90.0 Å². The summed E-state index contributed by atoms with van der Waals surface area (Å²) in [5.74, 6) is -1.89. The van der Waals surface area contributed by atoms with Gasteiger partial charge in [0, 0.05) is 12.0 Å². The number of fused-ring (bicyclic) bond motifs is 2. The number of nitrogens with zero attached hydrogens (tertiary/aromatic N) is 1. The van der Waals surface area contributed by atoms with Crippen LogP contribution in [0.3, 0.4) is 0 Å². The number of hydrogen-bond acceptors (Lipinski definition) is 6. The average molecular weight is 448 g/mol. The Balaban J connectivity index is 1.43. The van der Waals surface area contributed by atoms with Crippen molar-refractivity contribution in [3.63, 3.8) is 0 Å². The molecule has 4 rings (SSSR count). The van der Waals surface area contributed by atoms with E-state index in [1.54, 1.807) is 18.2 Å². The molecule has 0 aromatic heterocycles. The van der Waals surface area contributed by atoms with Gasteiger partial charge in [0.25, 0.3) is 11.8 Å². The number of ketones is 1. The Labute approximate surface area is 181 Å². The van der Waals surface area contributed by atoms with Crippen LogP contribution in [0.1, 0.15) is 43.6 Å². The van der Waals surface area contributed by atoms with Gasteiger partial charge in [0.2, 0.25) is 0 Å². The number of benzene rings is 2. The lowest BCUT2D eigenvalue weighted by Gasteiger charge is -2.20. The highest BCUT2D eigenvalue weighted by Gasteiger charge is 2.42. The van der Waals surface area contributed by atoms with Crippen LogP contribution in [-0.4, -0.2) is 47.7 Å². The molecule has 0 radical (unpaired) electrons. The summed E-state index contributed by atoms with van der Waals surface area (Å²) in [6.45, 7) is 1.41. The molecule has 0 bridgehead atoms. The maximum absolute atomic E-state index is 12.6. The fraction of sp³-hybridized carbons (Fsp3) is 0.238. The van der Waals surface area contributed by atoms with Crippen molar-refractivity contribution < 1.29 is 28.7 Å². The van der Waals surface area contributed by atoms with Crippen molar-refractivity contribution in [2.75, 3.05) is 13.2 Å². The summed E-state index contributed by atoms with van der Waals surface area (Å²) in [6.07, 6.45) is 0.709. The molecule has 0 fully saturated rings. The van der Waals surface area contributed by atoms with E-state index in [1.807, 2.05) is 0 Å². The van der Waals surface area contributed by atoms with Crippen LogP contribution in [0.4, 0.5) is 0 Å². The summed E-state index contributed by atoms with van der Waals surface area (Å²) < 4.78 is 10.5. The summed E-state index contributed by atoms with van der Waals surface area (Å²) in [5, 5.41) is 0.248. The van der Waals surface area contributed by atoms with Crippen molar-refractivity contribution in [3.05, 3.63) is 62.6 Å². The first-order valence-corrected chi connectivity index (χ1v) is 9.86. The molecule has 30 heavy (non-hydrogen) atoms. The van der Waals surface area contributed by atoms with E-state index in [0.717, 1.165) is 16.2 Å². The Morgan fingerprint density at radius 2 is 1.73 bits per heavy atom. The van der Waals surface area contributed by atoms with Crippen molar-refractivity contribution in [1.29, 1.82) is 0 Å². The summed E-state index contributed by atoms with van der Waals surface area (Å²) in [5.41, 5.74) is 1.43. The van der Waals surface area contributed by atoms with Gasteiger partial charge in [-0.05, 0) is 42.8 Å². The van der Waals surface area contributed by atoms with Crippen LogP contribution in [0.25, 0.3) is 0 Å². The molecular formula is C21H15Cl2NO6. The van der Waals surface area contributed by atoms with Crippen molar-refractivity contribution in [2.24, 2.45) is 0 Å². The van der Waals surface area contributed by atoms with Gasteiger partial charge < -0.3 is 9.47 Å². The molecule has 2 heterocycles. The van der Waals surface area contributed by atoms with E-state index in [1.165, 1.54) is 19.1 Å². The number of amides is 2. The fourth-order valence-electron chi connectivity index (χ4n) is 3.41. The van der Waals surface area contributed by atoms with E-state index in [4.69, 9.17) is 32.7 Å². The Morgan fingerprint density at radius 1 is 1.10 bits per heavy atom. The highest BCUT2D eigenvalue weighted by molar-refractivity contribution is 6.43. The molecule has 7 nitrogen and oxygen atoms in total. The van der Waals surface area contributed by atoms with Crippen LogP contribution in [0.2, 0.25) is 10.0 Å². The third-order valence-corrected chi connectivity index (χ3v) is 5.77. The smallest absolute Gasteiger partial charge is 0.329 e. The minimum atomic E-state index is -1.23. The quantitative estimate of drug-likeness (QED) is 0.396. The van der Waals surface area contributed by atoms with E-state index in [0.29, 0.717) is 18.6 Å². The molecule has 0 saturated carbocycles. The van der Waals surface area contributed by atoms with Crippen LogP contribution < -0.4 is 4.74 Å². The molecule has 2 aliphatic rings. The normalized spacial score (nSPS) is 15.5. The number of ether oxygens (including phenoxy) is 2. The lowest BCUT2D eigenvalue weighted by molar-refractivity contribution is -0.146. The molecule has 2 aliphatic heterocycles. The number of hydrogen-bond donors (Lipinski definition) is 0. The predicted molar refractivity (Wildman–Crippen MR) is 107 cm³/mol. The number of esters is 1. The molecule has 0 saturated heterocycles. The summed E-state index contributed by atoms with van der Waals surface area (Å²) in [7, 11) is 0. The van der Waals surface area contributed by atoms with E-state index < -0.39 is 36.2 Å². The van der Waals surface area contributed by atoms with Gasteiger partial charge in [-0.1, -0.05) is 23.2 Å². The van der Waals surface area contributed by atoms with Crippen LogP contribution >= 0.6 is 23.2 Å². The molecule has 2 aromatic carbocycles. The molecular weight excluding hydrogens is 433 g/mol. The molecule has 0 unspecified atom stereocenters. The van der Waals surface area contributed by atoms with E-state index in [9.17, 15) is 19.2 Å². The second kappa shape index (κ2) is 7.74. The van der Waals surface area contributed by atoms with Crippen molar-refractivity contribution in [3.8, 4) is 5.75 Å².